The van der Waals surface area contributed by atoms with Gasteiger partial charge in [0, 0.05) is 50.4 Å². The fourth-order valence-electron chi connectivity index (χ4n) is 3.75. The summed E-state index contributed by atoms with van der Waals surface area (Å²) in [5.74, 6) is 1.58. The standard InChI is InChI=1S/C22H31FN4O/c1-4-19(28)15-26-10-12-27(13-11-26)22-20(21(5-2)24-16(3)25-22)14-17-6-8-18(23)9-7-17/h6-9,19,28H,4-5,10-15H2,1-3H3/t19-/m1/s1. The number of aromatic nitrogens is 2. The van der Waals surface area contributed by atoms with Crippen molar-refractivity contribution in [3.05, 3.63) is 52.7 Å². The number of benzene rings is 1. The van der Waals surface area contributed by atoms with E-state index in [0.29, 0.717) is 6.42 Å². The lowest BCUT2D eigenvalue weighted by Gasteiger charge is -2.37. The minimum Gasteiger partial charge on any atom is -0.392 e. The van der Waals surface area contributed by atoms with Gasteiger partial charge in [-0.3, -0.25) is 4.90 Å². The van der Waals surface area contributed by atoms with E-state index in [0.717, 1.165) is 74.0 Å². The zero-order chi connectivity index (χ0) is 20.1. The number of anilines is 1. The van der Waals surface area contributed by atoms with Crippen LogP contribution in [0.15, 0.2) is 24.3 Å². The molecule has 5 nitrogen and oxygen atoms in total. The molecule has 28 heavy (non-hydrogen) atoms. The number of rotatable bonds is 7. The van der Waals surface area contributed by atoms with Gasteiger partial charge in [0.15, 0.2) is 0 Å². The Hall–Kier alpha value is -2.05. The van der Waals surface area contributed by atoms with Crippen molar-refractivity contribution in [2.24, 2.45) is 0 Å². The third kappa shape index (κ3) is 5.06. The Balaban J connectivity index is 1.82. The molecule has 0 aliphatic carbocycles. The van der Waals surface area contributed by atoms with Crippen LogP contribution in [0, 0.1) is 12.7 Å². The van der Waals surface area contributed by atoms with Crippen LogP contribution in [0.2, 0.25) is 0 Å². The van der Waals surface area contributed by atoms with E-state index < -0.39 is 0 Å². The summed E-state index contributed by atoms with van der Waals surface area (Å²) in [5, 5.41) is 9.92. The van der Waals surface area contributed by atoms with Crippen LogP contribution in [0.5, 0.6) is 0 Å². The molecule has 0 bridgehead atoms. The van der Waals surface area contributed by atoms with Gasteiger partial charge >= 0.3 is 0 Å². The molecule has 1 N–H and O–H groups in total. The molecule has 3 rings (SSSR count). The molecule has 1 aliphatic heterocycles. The SMILES string of the molecule is CCc1nc(C)nc(N2CCN(C[C@H](O)CC)CC2)c1Cc1ccc(F)cc1. The van der Waals surface area contributed by atoms with Gasteiger partial charge in [0.25, 0.3) is 0 Å². The molecule has 1 atom stereocenters. The molecule has 1 aromatic heterocycles. The zero-order valence-corrected chi connectivity index (χ0v) is 17.2. The molecule has 1 aromatic carbocycles. The Morgan fingerprint density at radius 3 is 2.36 bits per heavy atom. The fraction of sp³-hybridized carbons (Fsp3) is 0.545. The Kier molecular flexibility index (Phi) is 6.97. The molecule has 1 saturated heterocycles. The predicted molar refractivity (Wildman–Crippen MR) is 110 cm³/mol. The van der Waals surface area contributed by atoms with Crippen LogP contribution in [0.1, 0.15) is 42.9 Å². The summed E-state index contributed by atoms with van der Waals surface area (Å²) < 4.78 is 13.3. The van der Waals surface area contributed by atoms with E-state index in [1.807, 2.05) is 26.0 Å². The molecule has 0 radical (unpaired) electrons. The summed E-state index contributed by atoms with van der Waals surface area (Å²) >= 11 is 0. The highest BCUT2D eigenvalue weighted by Crippen LogP contribution is 2.26. The van der Waals surface area contributed by atoms with Gasteiger partial charge in [0.05, 0.1) is 6.10 Å². The lowest BCUT2D eigenvalue weighted by molar-refractivity contribution is 0.106. The predicted octanol–water partition coefficient (Wildman–Crippen LogP) is 2.97. The van der Waals surface area contributed by atoms with Crippen LogP contribution < -0.4 is 4.90 Å². The van der Waals surface area contributed by atoms with Crippen molar-refractivity contribution in [2.45, 2.75) is 46.1 Å². The first-order valence-corrected chi connectivity index (χ1v) is 10.3. The number of piperazine rings is 1. The van der Waals surface area contributed by atoms with Gasteiger partial charge in [-0.05, 0) is 37.5 Å². The Morgan fingerprint density at radius 1 is 1.07 bits per heavy atom. The van der Waals surface area contributed by atoms with Crippen molar-refractivity contribution in [2.75, 3.05) is 37.6 Å². The molecule has 0 amide bonds. The molecule has 6 heteroatoms. The van der Waals surface area contributed by atoms with Gasteiger partial charge in [0.2, 0.25) is 0 Å². The fourth-order valence-corrected chi connectivity index (χ4v) is 3.75. The second-order valence-corrected chi connectivity index (χ2v) is 7.53. The average Bonchev–Trinajstić information content (AvgIpc) is 2.71. The van der Waals surface area contributed by atoms with Crippen molar-refractivity contribution in [3.63, 3.8) is 0 Å². The third-order valence-electron chi connectivity index (χ3n) is 5.42. The van der Waals surface area contributed by atoms with Crippen molar-refractivity contribution in [1.82, 2.24) is 14.9 Å². The van der Waals surface area contributed by atoms with Crippen LogP contribution in [0.25, 0.3) is 0 Å². The normalized spacial score (nSPS) is 16.4. The summed E-state index contributed by atoms with van der Waals surface area (Å²) in [6, 6.07) is 6.69. The van der Waals surface area contributed by atoms with Crippen molar-refractivity contribution >= 4 is 5.82 Å². The maximum atomic E-state index is 13.3. The first-order valence-electron chi connectivity index (χ1n) is 10.3. The summed E-state index contributed by atoms with van der Waals surface area (Å²) in [4.78, 5) is 14.1. The lowest BCUT2D eigenvalue weighted by Crippen LogP contribution is -2.49. The molecule has 2 heterocycles. The highest BCUT2D eigenvalue weighted by molar-refractivity contribution is 5.52. The number of halogens is 1. The van der Waals surface area contributed by atoms with Gasteiger partial charge < -0.3 is 10.0 Å². The Labute approximate surface area is 167 Å². The van der Waals surface area contributed by atoms with Gasteiger partial charge in [-0.25, -0.2) is 14.4 Å². The number of nitrogens with zero attached hydrogens (tertiary/aromatic N) is 4. The molecule has 152 valence electrons. The van der Waals surface area contributed by atoms with Crippen LogP contribution >= 0.6 is 0 Å². The van der Waals surface area contributed by atoms with E-state index in [2.05, 4.69) is 21.7 Å². The molecule has 2 aromatic rings. The van der Waals surface area contributed by atoms with Gasteiger partial charge in [-0.15, -0.1) is 0 Å². The van der Waals surface area contributed by atoms with Crippen molar-refractivity contribution < 1.29 is 9.50 Å². The molecule has 1 aliphatic rings. The first kappa shape index (κ1) is 20.7. The molecular weight excluding hydrogens is 355 g/mol. The van der Waals surface area contributed by atoms with Gasteiger partial charge in [-0.1, -0.05) is 26.0 Å². The average molecular weight is 387 g/mol. The lowest BCUT2D eigenvalue weighted by atomic mass is 10.0. The Morgan fingerprint density at radius 2 is 1.75 bits per heavy atom. The van der Waals surface area contributed by atoms with Crippen molar-refractivity contribution in [3.8, 4) is 0 Å². The second kappa shape index (κ2) is 9.43. The molecule has 1 fully saturated rings. The minimum absolute atomic E-state index is 0.217. The topological polar surface area (TPSA) is 52.5 Å². The smallest absolute Gasteiger partial charge is 0.136 e. The van der Waals surface area contributed by atoms with Crippen LogP contribution in [-0.2, 0) is 12.8 Å². The molecule has 0 unspecified atom stereocenters. The van der Waals surface area contributed by atoms with E-state index in [1.54, 1.807) is 0 Å². The summed E-state index contributed by atoms with van der Waals surface area (Å²) in [5.41, 5.74) is 3.27. The number of β-amino-alcohol motifs (C(OH)–C–C–N with tert-alkyl or cyclic N) is 1. The van der Waals surface area contributed by atoms with Crippen molar-refractivity contribution in [1.29, 1.82) is 0 Å². The summed E-state index contributed by atoms with van der Waals surface area (Å²) in [6.07, 6.45) is 2.07. The van der Waals surface area contributed by atoms with E-state index in [9.17, 15) is 9.50 Å². The van der Waals surface area contributed by atoms with Gasteiger partial charge in [0.1, 0.15) is 17.5 Å². The number of hydrogen-bond acceptors (Lipinski definition) is 5. The highest BCUT2D eigenvalue weighted by atomic mass is 19.1. The molecule has 0 spiro atoms. The largest absolute Gasteiger partial charge is 0.392 e. The van der Waals surface area contributed by atoms with Gasteiger partial charge in [-0.2, -0.15) is 0 Å². The maximum Gasteiger partial charge on any atom is 0.136 e. The zero-order valence-electron chi connectivity index (χ0n) is 17.2. The molecular formula is C22H31FN4O. The summed E-state index contributed by atoms with van der Waals surface area (Å²) in [7, 11) is 0. The van der Waals surface area contributed by atoms with E-state index in [1.165, 1.54) is 12.1 Å². The quantitative estimate of drug-likeness (QED) is 0.793. The number of aliphatic hydroxyl groups excluding tert-OH is 1. The van der Waals surface area contributed by atoms with Crippen LogP contribution in [-0.4, -0.2) is 58.8 Å². The minimum atomic E-state index is -0.256. The second-order valence-electron chi connectivity index (χ2n) is 7.53. The maximum absolute atomic E-state index is 13.3. The molecule has 0 saturated carbocycles. The third-order valence-corrected chi connectivity index (χ3v) is 5.42. The van der Waals surface area contributed by atoms with E-state index in [4.69, 9.17) is 4.98 Å². The number of aliphatic hydroxyl groups is 1. The van der Waals surface area contributed by atoms with E-state index >= 15 is 0 Å². The summed E-state index contributed by atoms with van der Waals surface area (Å²) in [6.45, 7) is 10.4. The van der Waals surface area contributed by atoms with Crippen LogP contribution in [0.4, 0.5) is 10.2 Å². The van der Waals surface area contributed by atoms with Crippen LogP contribution in [0.3, 0.4) is 0 Å². The van der Waals surface area contributed by atoms with E-state index in [-0.39, 0.29) is 11.9 Å². The monoisotopic (exact) mass is 386 g/mol. The first-order chi connectivity index (χ1) is 13.5. The highest BCUT2D eigenvalue weighted by Gasteiger charge is 2.23. The number of aryl methyl sites for hydroxylation is 2. The Bertz CT molecular complexity index is 773. The number of hydrogen-bond donors (Lipinski definition) is 1.